The molecule has 1 aromatic heterocycles. The molecule has 1 heterocycles. The molecule has 0 unspecified atom stereocenters. The average molecular weight is 612 g/mol. The summed E-state index contributed by atoms with van der Waals surface area (Å²) in [7, 11) is 0. The van der Waals surface area contributed by atoms with Crippen LogP contribution in [-0.4, -0.2) is 15.0 Å². The van der Waals surface area contributed by atoms with E-state index in [1.807, 2.05) is 0 Å². The zero-order valence-electron chi connectivity index (χ0n) is 26.1. The maximum absolute atomic E-state index is 5.03. The van der Waals surface area contributed by atoms with Gasteiger partial charge in [-0.2, -0.15) is 0 Å². The summed E-state index contributed by atoms with van der Waals surface area (Å²) in [5, 5.41) is 7.27. The molecular formula is C45H29N3. The molecule has 48 heavy (non-hydrogen) atoms. The van der Waals surface area contributed by atoms with Crippen LogP contribution >= 0.6 is 0 Å². The highest BCUT2D eigenvalue weighted by Gasteiger charge is 2.14. The summed E-state index contributed by atoms with van der Waals surface area (Å²) in [6.07, 6.45) is 0. The van der Waals surface area contributed by atoms with Gasteiger partial charge in [0.05, 0.1) is 0 Å². The molecule has 224 valence electrons. The Hall–Kier alpha value is -6.45. The Morgan fingerprint density at radius 1 is 0.208 bits per heavy atom. The van der Waals surface area contributed by atoms with Crippen molar-refractivity contribution in [1.82, 2.24) is 15.0 Å². The molecule has 0 amide bonds. The van der Waals surface area contributed by atoms with Gasteiger partial charge in [-0.05, 0) is 72.8 Å². The first-order valence-electron chi connectivity index (χ1n) is 16.2. The van der Waals surface area contributed by atoms with Crippen LogP contribution in [0.15, 0.2) is 176 Å². The summed E-state index contributed by atoms with van der Waals surface area (Å²) < 4.78 is 0. The fourth-order valence-electron chi connectivity index (χ4n) is 6.45. The van der Waals surface area contributed by atoms with Crippen molar-refractivity contribution in [2.24, 2.45) is 0 Å². The molecule has 0 spiro atoms. The van der Waals surface area contributed by atoms with Crippen LogP contribution < -0.4 is 0 Å². The van der Waals surface area contributed by atoms with Crippen LogP contribution in [0.4, 0.5) is 0 Å². The highest BCUT2D eigenvalue weighted by molar-refractivity contribution is 5.89. The molecule has 0 saturated heterocycles. The third kappa shape index (κ3) is 5.28. The van der Waals surface area contributed by atoms with E-state index in [1.165, 1.54) is 38.1 Å². The van der Waals surface area contributed by atoms with Crippen LogP contribution in [0.3, 0.4) is 0 Å². The second-order valence-electron chi connectivity index (χ2n) is 12.1. The molecule has 3 heteroatoms. The van der Waals surface area contributed by atoms with Gasteiger partial charge in [-0.3, -0.25) is 0 Å². The van der Waals surface area contributed by atoms with E-state index in [0.717, 1.165) is 33.2 Å². The van der Waals surface area contributed by atoms with Crippen molar-refractivity contribution < 1.29 is 0 Å². The molecule has 0 aliphatic rings. The maximum atomic E-state index is 5.03. The van der Waals surface area contributed by atoms with Crippen LogP contribution in [0.5, 0.6) is 0 Å². The lowest BCUT2D eigenvalue weighted by atomic mass is 10.00. The minimum Gasteiger partial charge on any atom is -0.208 e. The van der Waals surface area contributed by atoms with Gasteiger partial charge in [-0.15, -0.1) is 0 Å². The number of aromatic nitrogens is 3. The topological polar surface area (TPSA) is 38.7 Å². The Kier molecular flexibility index (Phi) is 6.80. The van der Waals surface area contributed by atoms with Gasteiger partial charge in [0.15, 0.2) is 17.5 Å². The third-order valence-corrected chi connectivity index (χ3v) is 9.09. The molecule has 3 nitrogen and oxygen atoms in total. The first-order valence-corrected chi connectivity index (χ1v) is 16.2. The fraction of sp³-hybridized carbons (Fsp3) is 0. The molecule has 8 aromatic carbocycles. The predicted molar refractivity (Wildman–Crippen MR) is 200 cm³/mol. The maximum Gasteiger partial charge on any atom is 0.164 e. The summed E-state index contributed by atoms with van der Waals surface area (Å²) in [4.78, 5) is 15.1. The zero-order chi connectivity index (χ0) is 31.9. The molecule has 9 rings (SSSR count). The van der Waals surface area contributed by atoms with E-state index in [4.69, 9.17) is 15.0 Å². The van der Waals surface area contributed by atoms with Gasteiger partial charge in [0.25, 0.3) is 0 Å². The summed E-state index contributed by atoms with van der Waals surface area (Å²) >= 11 is 0. The van der Waals surface area contributed by atoms with Crippen LogP contribution in [0.1, 0.15) is 0 Å². The third-order valence-electron chi connectivity index (χ3n) is 9.09. The molecule has 0 radical (unpaired) electrons. The summed E-state index contributed by atoms with van der Waals surface area (Å²) in [5.74, 6) is 1.94. The first-order chi connectivity index (χ1) is 23.7. The van der Waals surface area contributed by atoms with Gasteiger partial charge < -0.3 is 0 Å². The minimum atomic E-state index is 0.645. The summed E-state index contributed by atoms with van der Waals surface area (Å²) in [6, 6.07) is 61.9. The second kappa shape index (κ2) is 11.7. The second-order valence-corrected chi connectivity index (χ2v) is 12.1. The van der Waals surface area contributed by atoms with E-state index in [0.29, 0.717) is 17.5 Å². The highest BCUT2D eigenvalue weighted by Crippen LogP contribution is 2.31. The van der Waals surface area contributed by atoms with E-state index >= 15 is 0 Å². The zero-order valence-corrected chi connectivity index (χ0v) is 26.1. The van der Waals surface area contributed by atoms with Crippen LogP contribution in [-0.2, 0) is 0 Å². The molecule has 0 N–H and O–H groups in total. The standard InChI is InChI=1S/C45H29N3/c1-4-10-37-27-40(24-17-30(37)7-1)33-13-20-35(21-14-33)43-46-44(48-45(47-43)42-26-19-32-9-3-6-12-39(32)29-42)36-22-15-34(16-23-36)41-25-18-31-8-2-5-11-38(31)28-41/h1-29H. The Morgan fingerprint density at radius 2 is 0.479 bits per heavy atom. The number of benzene rings is 8. The molecule has 0 bridgehead atoms. The van der Waals surface area contributed by atoms with Gasteiger partial charge in [0.2, 0.25) is 0 Å². The highest BCUT2D eigenvalue weighted by atomic mass is 15.0. The SMILES string of the molecule is c1ccc2cc(-c3ccc(-c4nc(-c5ccc(-c6ccc7ccccc7c6)cc5)nc(-c5ccc6ccccc6c5)n4)cc3)ccc2c1. The molecule has 0 fully saturated rings. The van der Waals surface area contributed by atoms with Crippen molar-refractivity contribution in [3.05, 3.63) is 176 Å². The lowest BCUT2D eigenvalue weighted by molar-refractivity contribution is 1.07. The van der Waals surface area contributed by atoms with Crippen LogP contribution in [0.2, 0.25) is 0 Å². The van der Waals surface area contributed by atoms with Crippen molar-refractivity contribution in [1.29, 1.82) is 0 Å². The molecule has 9 aromatic rings. The quantitative estimate of drug-likeness (QED) is 0.194. The molecule has 0 saturated carbocycles. The Labute approximate surface area is 278 Å². The monoisotopic (exact) mass is 611 g/mol. The molecular weight excluding hydrogens is 583 g/mol. The van der Waals surface area contributed by atoms with E-state index < -0.39 is 0 Å². The van der Waals surface area contributed by atoms with Crippen LogP contribution in [0.25, 0.3) is 88.7 Å². The lowest BCUT2D eigenvalue weighted by Gasteiger charge is -2.11. The van der Waals surface area contributed by atoms with E-state index in [9.17, 15) is 0 Å². The molecule has 0 aliphatic heterocycles. The van der Waals surface area contributed by atoms with Crippen molar-refractivity contribution in [2.75, 3.05) is 0 Å². The minimum absolute atomic E-state index is 0.645. The Bertz CT molecular complexity index is 2460. The van der Waals surface area contributed by atoms with Gasteiger partial charge in [0, 0.05) is 16.7 Å². The van der Waals surface area contributed by atoms with Crippen molar-refractivity contribution in [2.45, 2.75) is 0 Å². The molecule has 0 atom stereocenters. The molecule has 0 aliphatic carbocycles. The summed E-state index contributed by atoms with van der Waals surface area (Å²) in [5.41, 5.74) is 7.51. The van der Waals surface area contributed by atoms with Crippen molar-refractivity contribution >= 4 is 32.3 Å². The average Bonchev–Trinajstić information content (AvgIpc) is 3.17. The predicted octanol–water partition coefficient (Wildman–Crippen LogP) is 11.7. The van der Waals surface area contributed by atoms with E-state index in [2.05, 4.69) is 176 Å². The number of rotatable bonds is 5. The Balaban J connectivity index is 1.11. The first kappa shape index (κ1) is 27.8. The fourth-order valence-corrected chi connectivity index (χ4v) is 6.45. The van der Waals surface area contributed by atoms with Gasteiger partial charge >= 0.3 is 0 Å². The van der Waals surface area contributed by atoms with E-state index in [-0.39, 0.29) is 0 Å². The number of nitrogens with zero attached hydrogens (tertiary/aromatic N) is 3. The van der Waals surface area contributed by atoms with Crippen LogP contribution in [0, 0.1) is 0 Å². The summed E-state index contributed by atoms with van der Waals surface area (Å²) in [6.45, 7) is 0. The largest absolute Gasteiger partial charge is 0.208 e. The number of hydrogen-bond acceptors (Lipinski definition) is 3. The number of fused-ring (bicyclic) bond motifs is 3. The van der Waals surface area contributed by atoms with Crippen molar-refractivity contribution in [3.63, 3.8) is 0 Å². The Morgan fingerprint density at radius 3 is 0.875 bits per heavy atom. The van der Waals surface area contributed by atoms with Gasteiger partial charge in [-0.25, -0.2) is 15.0 Å². The van der Waals surface area contributed by atoms with E-state index in [1.54, 1.807) is 0 Å². The lowest BCUT2D eigenvalue weighted by Crippen LogP contribution is -2.00. The van der Waals surface area contributed by atoms with Gasteiger partial charge in [-0.1, -0.05) is 158 Å². The van der Waals surface area contributed by atoms with Gasteiger partial charge in [0.1, 0.15) is 0 Å². The number of hydrogen-bond donors (Lipinski definition) is 0. The normalized spacial score (nSPS) is 11.3. The smallest absolute Gasteiger partial charge is 0.164 e. The van der Waals surface area contributed by atoms with Crippen molar-refractivity contribution in [3.8, 4) is 56.4 Å².